The summed E-state index contributed by atoms with van der Waals surface area (Å²) in [5.74, 6) is -0.287. The summed E-state index contributed by atoms with van der Waals surface area (Å²) >= 11 is 0. The summed E-state index contributed by atoms with van der Waals surface area (Å²) in [6, 6.07) is 13.8. The lowest BCUT2D eigenvalue weighted by Gasteiger charge is -2.28. The number of hydrogen-bond donors (Lipinski definition) is 2. The number of nitrogens with zero attached hydrogens (tertiary/aromatic N) is 5. The maximum atomic E-state index is 14.8. The lowest BCUT2D eigenvalue weighted by Crippen LogP contribution is -2.36. The lowest BCUT2D eigenvalue weighted by atomic mass is 10.1. The van der Waals surface area contributed by atoms with Crippen molar-refractivity contribution in [3.63, 3.8) is 0 Å². The van der Waals surface area contributed by atoms with Crippen molar-refractivity contribution >= 4 is 40.4 Å². The number of benzene rings is 2. The molecule has 2 aliphatic rings. The standard InChI is InChI=1S/C30H36FN7O2/c1-36(2)14-5-7-28(39)38-15-4-3-6-22-8-9-24(20-27(22)38)33-29-26(31)21-32-30(35-29)34-23-10-12-25(13-11-23)37-16-18-40-19-17-37/h5,7-13,20-21H,3-4,6,14-19H2,1-2H3,(H2,32,33,34,35). The molecule has 9 nitrogen and oxygen atoms in total. The Balaban J connectivity index is 1.31. The largest absolute Gasteiger partial charge is 0.378 e. The Hall–Kier alpha value is -4.02. The third kappa shape index (κ3) is 6.94. The molecule has 5 rings (SSSR count). The summed E-state index contributed by atoms with van der Waals surface area (Å²) in [4.78, 5) is 27.6. The highest BCUT2D eigenvalue weighted by Crippen LogP contribution is 2.31. The topological polar surface area (TPSA) is 85.9 Å². The Morgan fingerprint density at radius 1 is 1.05 bits per heavy atom. The van der Waals surface area contributed by atoms with Crippen LogP contribution in [0.25, 0.3) is 0 Å². The predicted octanol–water partition coefficient (Wildman–Crippen LogP) is 4.73. The molecule has 210 valence electrons. The summed E-state index contributed by atoms with van der Waals surface area (Å²) in [6.07, 6.45) is 7.47. The number of anilines is 6. The molecule has 1 amide bonds. The smallest absolute Gasteiger partial charge is 0.250 e. The number of carbonyl (C=O) groups excluding carboxylic acids is 1. The first kappa shape index (κ1) is 27.5. The van der Waals surface area contributed by atoms with Gasteiger partial charge < -0.3 is 30.1 Å². The number of morpholine rings is 1. The van der Waals surface area contributed by atoms with Gasteiger partial charge in [0.1, 0.15) is 0 Å². The van der Waals surface area contributed by atoms with Crippen molar-refractivity contribution in [2.75, 3.05) is 73.9 Å². The van der Waals surface area contributed by atoms with Crippen LogP contribution in [0.1, 0.15) is 18.4 Å². The first-order valence-corrected chi connectivity index (χ1v) is 13.7. The van der Waals surface area contributed by atoms with Crippen LogP contribution in [0.4, 0.5) is 38.9 Å². The van der Waals surface area contributed by atoms with Gasteiger partial charge >= 0.3 is 0 Å². The molecule has 1 fully saturated rings. The average Bonchev–Trinajstić information content (AvgIpc) is 3.18. The van der Waals surface area contributed by atoms with E-state index in [1.54, 1.807) is 6.08 Å². The van der Waals surface area contributed by atoms with Crippen molar-refractivity contribution in [2.45, 2.75) is 19.3 Å². The molecular formula is C30H36FN7O2. The van der Waals surface area contributed by atoms with Gasteiger partial charge in [0, 0.05) is 55.0 Å². The molecule has 3 aromatic rings. The monoisotopic (exact) mass is 545 g/mol. The second-order valence-corrected chi connectivity index (χ2v) is 10.2. The van der Waals surface area contributed by atoms with Crippen molar-refractivity contribution in [1.29, 1.82) is 0 Å². The first-order valence-electron chi connectivity index (χ1n) is 13.7. The quantitative estimate of drug-likeness (QED) is 0.393. The molecule has 1 saturated heterocycles. The van der Waals surface area contributed by atoms with Gasteiger partial charge in [0.05, 0.1) is 19.4 Å². The van der Waals surface area contributed by atoms with E-state index in [1.165, 1.54) is 0 Å². The second-order valence-electron chi connectivity index (χ2n) is 10.2. The van der Waals surface area contributed by atoms with Crippen molar-refractivity contribution in [1.82, 2.24) is 14.9 Å². The number of hydrogen-bond acceptors (Lipinski definition) is 8. The van der Waals surface area contributed by atoms with Crippen LogP contribution in [0.15, 0.2) is 60.8 Å². The molecule has 0 bridgehead atoms. The van der Waals surface area contributed by atoms with Crippen LogP contribution in [0, 0.1) is 5.82 Å². The van der Waals surface area contributed by atoms with E-state index in [0.29, 0.717) is 18.8 Å². The van der Waals surface area contributed by atoms with Gasteiger partial charge in [-0.3, -0.25) is 4.79 Å². The number of halogens is 1. The van der Waals surface area contributed by atoms with Gasteiger partial charge in [-0.15, -0.1) is 0 Å². The fraction of sp³-hybridized carbons (Fsp3) is 0.367. The highest BCUT2D eigenvalue weighted by molar-refractivity contribution is 6.02. The fourth-order valence-electron chi connectivity index (χ4n) is 4.85. The SMILES string of the molecule is CN(C)CC=CC(=O)N1CCCCc2ccc(Nc3nc(Nc4ccc(N5CCOCC5)cc4)ncc3F)cc21. The molecular weight excluding hydrogens is 509 g/mol. The van der Waals surface area contributed by atoms with E-state index >= 15 is 0 Å². The number of likely N-dealkylation sites (N-methyl/N-ethyl adjacent to an activating group) is 1. The predicted molar refractivity (Wildman–Crippen MR) is 157 cm³/mol. The molecule has 0 atom stereocenters. The van der Waals surface area contributed by atoms with Gasteiger partial charge in [0.15, 0.2) is 11.6 Å². The number of fused-ring (bicyclic) bond motifs is 1. The maximum Gasteiger partial charge on any atom is 0.250 e. The molecule has 3 heterocycles. The maximum absolute atomic E-state index is 14.8. The van der Waals surface area contributed by atoms with E-state index in [2.05, 4.69) is 25.5 Å². The minimum Gasteiger partial charge on any atom is -0.378 e. The molecule has 40 heavy (non-hydrogen) atoms. The number of nitrogens with one attached hydrogen (secondary N) is 2. The molecule has 2 N–H and O–H groups in total. The van der Waals surface area contributed by atoms with Crippen LogP contribution in [-0.4, -0.2) is 74.3 Å². The van der Waals surface area contributed by atoms with Gasteiger partial charge in [-0.05, 0) is 75.3 Å². The Labute approximate surface area is 234 Å². The van der Waals surface area contributed by atoms with Gasteiger partial charge in [0.25, 0.3) is 5.91 Å². The van der Waals surface area contributed by atoms with E-state index in [1.807, 2.05) is 72.4 Å². The van der Waals surface area contributed by atoms with Crippen LogP contribution >= 0.6 is 0 Å². The van der Waals surface area contributed by atoms with Gasteiger partial charge in [-0.1, -0.05) is 12.1 Å². The zero-order valence-corrected chi connectivity index (χ0v) is 23.1. The normalized spacial score (nSPS) is 15.7. The number of carbonyl (C=O) groups is 1. The summed E-state index contributed by atoms with van der Waals surface area (Å²) in [6.45, 7) is 4.52. The fourth-order valence-corrected chi connectivity index (χ4v) is 4.85. The number of amides is 1. The minimum absolute atomic E-state index is 0.0542. The number of rotatable bonds is 8. The summed E-state index contributed by atoms with van der Waals surface area (Å²) in [5, 5.41) is 6.25. The Kier molecular flexibility index (Phi) is 8.87. The third-order valence-electron chi connectivity index (χ3n) is 6.96. The highest BCUT2D eigenvalue weighted by Gasteiger charge is 2.21. The summed E-state index contributed by atoms with van der Waals surface area (Å²) < 4.78 is 20.2. The van der Waals surface area contributed by atoms with Crippen LogP contribution in [0.2, 0.25) is 0 Å². The Morgan fingerprint density at radius 2 is 1.82 bits per heavy atom. The Morgan fingerprint density at radius 3 is 2.60 bits per heavy atom. The van der Waals surface area contributed by atoms with Crippen LogP contribution in [0.5, 0.6) is 0 Å². The second kappa shape index (κ2) is 12.9. The first-order chi connectivity index (χ1) is 19.5. The molecule has 0 aliphatic carbocycles. The molecule has 2 aromatic carbocycles. The van der Waals surface area contributed by atoms with Crippen LogP contribution in [0.3, 0.4) is 0 Å². The molecule has 1 aromatic heterocycles. The summed E-state index contributed by atoms with van der Waals surface area (Å²) in [5.41, 5.74) is 4.52. The zero-order chi connectivity index (χ0) is 27.9. The van der Waals surface area contributed by atoms with Crippen molar-refractivity contribution < 1.29 is 13.9 Å². The highest BCUT2D eigenvalue weighted by atomic mass is 19.1. The number of aryl methyl sites for hydroxylation is 1. The van der Waals surface area contributed by atoms with E-state index in [4.69, 9.17) is 4.74 Å². The van der Waals surface area contributed by atoms with Crippen molar-refractivity contribution in [2.24, 2.45) is 0 Å². The lowest BCUT2D eigenvalue weighted by molar-refractivity contribution is -0.114. The number of aromatic nitrogens is 2. The molecule has 0 radical (unpaired) electrons. The molecule has 2 aliphatic heterocycles. The van der Waals surface area contributed by atoms with Crippen LogP contribution in [-0.2, 0) is 16.0 Å². The van der Waals surface area contributed by atoms with Gasteiger partial charge in [-0.2, -0.15) is 4.98 Å². The third-order valence-corrected chi connectivity index (χ3v) is 6.96. The average molecular weight is 546 g/mol. The van der Waals surface area contributed by atoms with E-state index in [-0.39, 0.29) is 17.7 Å². The Bertz CT molecular complexity index is 1340. The van der Waals surface area contributed by atoms with Gasteiger partial charge in [0.2, 0.25) is 5.95 Å². The van der Waals surface area contributed by atoms with E-state index in [9.17, 15) is 9.18 Å². The minimum atomic E-state index is -0.567. The molecule has 0 saturated carbocycles. The van der Waals surface area contributed by atoms with Gasteiger partial charge in [-0.25, -0.2) is 9.37 Å². The summed E-state index contributed by atoms with van der Waals surface area (Å²) in [7, 11) is 3.92. The number of ether oxygens (including phenoxy) is 1. The zero-order valence-electron chi connectivity index (χ0n) is 23.1. The van der Waals surface area contributed by atoms with Crippen molar-refractivity contribution in [3.05, 3.63) is 72.2 Å². The van der Waals surface area contributed by atoms with Crippen molar-refractivity contribution in [3.8, 4) is 0 Å². The van der Waals surface area contributed by atoms with E-state index in [0.717, 1.165) is 74.4 Å². The molecule has 0 unspecified atom stereocenters. The molecule has 0 spiro atoms. The van der Waals surface area contributed by atoms with E-state index < -0.39 is 5.82 Å². The van der Waals surface area contributed by atoms with Crippen LogP contribution < -0.4 is 20.4 Å². The molecule has 10 heteroatoms.